The molecule has 0 saturated carbocycles. The van der Waals surface area contributed by atoms with Gasteiger partial charge >= 0.3 is 0 Å². The first-order chi connectivity index (χ1) is 8.47. The zero-order valence-electron chi connectivity index (χ0n) is 11.4. The minimum Gasteiger partial charge on any atom is -0.379 e. The molecule has 0 aromatic heterocycles. The van der Waals surface area contributed by atoms with E-state index < -0.39 is 5.54 Å². The van der Waals surface area contributed by atoms with E-state index in [4.69, 9.17) is 4.74 Å². The molecule has 2 heterocycles. The Morgan fingerprint density at radius 1 is 1.44 bits per heavy atom. The van der Waals surface area contributed by atoms with Crippen LogP contribution in [0.2, 0.25) is 0 Å². The number of nitrogens with one attached hydrogen (secondary N) is 1. The van der Waals surface area contributed by atoms with Gasteiger partial charge in [0.05, 0.1) is 12.6 Å². The molecule has 1 N–H and O–H groups in total. The van der Waals surface area contributed by atoms with E-state index in [1.54, 1.807) is 18.7 Å². The van der Waals surface area contributed by atoms with Crippen molar-refractivity contribution in [1.82, 2.24) is 10.2 Å². The van der Waals surface area contributed by atoms with E-state index in [9.17, 15) is 9.59 Å². The van der Waals surface area contributed by atoms with Crippen LogP contribution < -0.4 is 5.32 Å². The van der Waals surface area contributed by atoms with Gasteiger partial charge in [-0.3, -0.25) is 9.59 Å². The molecule has 2 amide bonds. The van der Waals surface area contributed by atoms with Gasteiger partial charge in [-0.15, -0.1) is 0 Å². The van der Waals surface area contributed by atoms with Crippen LogP contribution in [-0.2, 0) is 14.3 Å². The highest BCUT2D eigenvalue weighted by Crippen LogP contribution is 2.25. The highest BCUT2D eigenvalue weighted by Gasteiger charge is 2.47. The molecule has 102 valence electrons. The van der Waals surface area contributed by atoms with E-state index in [1.165, 1.54) is 0 Å². The summed E-state index contributed by atoms with van der Waals surface area (Å²) in [6.07, 6.45) is 2.52. The van der Waals surface area contributed by atoms with Gasteiger partial charge in [0.1, 0.15) is 11.6 Å². The maximum Gasteiger partial charge on any atom is 0.248 e. The number of ether oxygens (including phenoxy) is 1. The van der Waals surface area contributed by atoms with E-state index in [1.807, 2.05) is 6.92 Å². The van der Waals surface area contributed by atoms with E-state index in [0.29, 0.717) is 13.0 Å². The number of carbonyl (C=O) groups is 2. The number of hydrogen-bond acceptors (Lipinski definition) is 3. The zero-order chi connectivity index (χ0) is 13.3. The van der Waals surface area contributed by atoms with Gasteiger partial charge in [0, 0.05) is 6.61 Å². The fourth-order valence-electron chi connectivity index (χ4n) is 2.78. The smallest absolute Gasteiger partial charge is 0.248 e. The Labute approximate surface area is 108 Å². The van der Waals surface area contributed by atoms with E-state index in [2.05, 4.69) is 5.32 Å². The third-order valence-electron chi connectivity index (χ3n) is 3.76. The zero-order valence-corrected chi connectivity index (χ0v) is 11.4. The summed E-state index contributed by atoms with van der Waals surface area (Å²) in [5.74, 6) is -0.0443. The Morgan fingerprint density at radius 3 is 2.72 bits per heavy atom. The lowest BCUT2D eigenvalue weighted by molar-refractivity contribution is -0.159. The van der Waals surface area contributed by atoms with Crippen LogP contribution in [0.3, 0.4) is 0 Å². The average molecular weight is 254 g/mol. The van der Waals surface area contributed by atoms with Crippen molar-refractivity contribution in [2.24, 2.45) is 0 Å². The lowest BCUT2D eigenvalue weighted by Crippen LogP contribution is -2.70. The second-order valence-corrected chi connectivity index (χ2v) is 5.62. The molecule has 0 spiro atoms. The Hall–Kier alpha value is -1.10. The Balaban J connectivity index is 2.25. The lowest BCUT2D eigenvalue weighted by atomic mass is 9.92. The number of rotatable bonds is 2. The first-order valence-corrected chi connectivity index (χ1v) is 6.70. The van der Waals surface area contributed by atoms with Crippen molar-refractivity contribution in [2.75, 3.05) is 13.2 Å². The quantitative estimate of drug-likeness (QED) is 0.788. The maximum atomic E-state index is 12.5. The largest absolute Gasteiger partial charge is 0.379 e. The van der Waals surface area contributed by atoms with E-state index in [0.717, 1.165) is 19.4 Å². The van der Waals surface area contributed by atoms with Gasteiger partial charge in [0.25, 0.3) is 0 Å². The van der Waals surface area contributed by atoms with Gasteiger partial charge in [-0.05, 0) is 33.1 Å². The predicted molar refractivity (Wildman–Crippen MR) is 67.0 cm³/mol. The highest BCUT2D eigenvalue weighted by molar-refractivity contribution is 5.99. The molecule has 0 aliphatic carbocycles. The van der Waals surface area contributed by atoms with Crippen molar-refractivity contribution in [1.29, 1.82) is 0 Å². The monoisotopic (exact) mass is 254 g/mol. The molecule has 2 aliphatic rings. The van der Waals surface area contributed by atoms with Gasteiger partial charge < -0.3 is 15.0 Å². The molecule has 18 heavy (non-hydrogen) atoms. The molecule has 0 aromatic rings. The number of hydrogen-bond donors (Lipinski definition) is 1. The molecule has 5 nitrogen and oxygen atoms in total. The fraction of sp³-hybridized carbons (Fsp3) is 0.846. The minimum atomic E-state index is -0.805. The van der Waals surface area contributed by atoms with Crippen LogP contribution in [0.4, 0.5) is 0 Å². The molecule has 2 saturated heterocycles. The summed E-state index contributed by atoms with van der Waals surface area (Å²) in [6.45, 7) is 6.76. The van der Waals surface area contributed by atoms with Crippen LogP contribution in [0.5, 0.6) is 0 Å². The number of piperazine rings is 1. The van der Waals surface area contributed by atoms with Crippen LogP contribution in [0.15, 0.2) is 0 Å². The van der Waals surface area contributed by atoms with Crippen LogP contribution in [-0.4, -0.2) is 47.6 Å². The number of amides is 2. The second kappa shape index (κ2) is 4.88. The third kappa shape index (κ3) is 2.23. The highest BCUT2D eigenvalue weighted by atomic mass is 16.5. The van der Waals surface area contributed by atoms with Crippen LogP contribution in [0, 0.1) is 0 Å². The summed E-state index contributed by atoms with van der Waals surface area (Å²) in [7, 11) is 0. The summed E-state index contributed by atoms with van der Waals surface area (Å²) in [5.41, 5.74) is -0.805. The van der Waals surface area contributed by atoms with Gasteiger partial charge in [-0.2, -0.15) is 0 Å². The van der Waals surface area contributed by atoms with Crippen LogP contribution in [0.1, 0.15) is 40.0 Å². The van der Waals surface area contributed by atoms with Gasteiger partial charge in [0.2, 0.25) is 11.8 Å². The normalized spacial score (nSPS) is 32.3. The molecular formula is C13H22N2O3. The van der Waals surface area contributed by atoms with Gasteiger partial charge in [-0.1, -0.05) is 6.92 Å². The SMILES string of the molecule is CCC1C(=O)NC(C)(C)C(=O)N1C1CCCOC1. The minimum absolute atomic E-state index is 0.00412. The molecule has 2 aliphatic heterocycles. The van der Waals surface area contributed by atoms with Crippen molar-refractivity contribution >= 4 is 11.8 Å². The number of nitrogens with zero attached hydrogens (tertiary/aromatic N) is 1. The standard InChI is InChI=1S/C13H22N2O3/c1-4-10-11(16)14-13(2,3)12(17)15(10)9-6-5-7-18-8-9/h9-10H,4-8H2,1-3H3,(H,14,16). The Bertz CT molecular complexity index is 348. The summed E-state index contributed by atoms with van der Waals surface area (Å²) in [4.78, 5) is 26.4. The van der Waals surface area contributed by atoms with E-state index in [-0.39, 0.29) is 23.9 Å². The molecular weight excluding hydrogens is 232 g/mol. The average Bonchev–Trinajstić information content (AvgIpc) is 2.34. The Kier molecular flexibility index (Phi) is 3.61. The molecule has 2 atom stereocenters. The maximum absolute atomic E-state index is 12.5. The van der Waals surface area contributed by atoms with Gasteiger partial charge in [-0.25, -0.2) is 0 Å². The first kappa shape index (κ1) is 13.3. The van der Waals surface area contributed by atoms with Crippen molar-refractivity contribution in [2.45, 2.75) is 57.7 Å². The van der Waals surface area contributed by atoms with Crippen molar-refractivity contribution in [3.8, 4) is 0 Å². The second-order valence-electron chi connectivity index (χ2n) is 5.62. The Morgan fingerprint density at radius 2 is 2.17 bits per heavy atom. The fourth-order valence-corrected chi connectivity index (χ4v) is 2.78. The molecule has 5 heteroatoms. The lowest BCUT2D eigenvalue weighted by Gasteiger charge is -2.47. The number of carbonyl (C=O) groups excluding carboxylic acids is 2. The topological polar surface area (TPSA) is 58.6 Å². The summed E-state index contributed by atoms with van der Waals surface area (Å²) < 4.78 is 5.45. The van der Waals surface area contributed by atoms with E-state index >= 15 is 0 Å². The molecule has 0 bridgehead atoms. The summed E-state index contributed by atoms with van der Waals surface area (Å²) in [6, 6.07) is -0.307. The molecule has 2 fully saturated rings. The molecule has 0 radical (unpaired) electrons. The van der Waals surface area contributed by atoms with Crippen LogP contribution in [0.25, 0.3) is 0 Å². The molecule has 0 aromatic carbocycles. The molecule has 2 unspecified atom stereocenters. The summed E-state index contributed by atoms with van der Waals surface area (Å²) in [5, 5.41) is 2.80. The van der Waals surface area contributed by atoms with Crippen molar-refractivity contribution in [3.63, 3.8) is 0 Å². The van der Waals surface area contributed by atoms with Crippen molar-refractivity contribution in [3.05, 3.63) is 0 Å². The predicted octanol–water partition coefficient (Wildman–Crippen LogP) is 0.681. The van der Waals surface area contributed by atoms with Crippen molar-refractivity contribution < 1.29 is 14.3 Å². The van der Waals surface area contributed by atoms with Crippen LogP contribution >= 0.6 is 0 Å². The first-order valence-electron chi connectivity index (χ1n) is 6.70. The summed E-state index contributed by atoms with van der Waals surface area (Å²) >= 11 is 0. The van der Waals surface area contributed by atoms with Gasteiger partial charge in [0.15, 0.2) is 0 Å². The molecule has 2 rings (SSSR count). The third-order valence-corrected chi connectivity index (χ3v) is 3.76.